The molecule has 0 radical (unpaired) electrons. The topological polar surface area (TPSA) is 127 Å². The van der Waals surface area contributed by atoms with E-state index in [1.54, 1.807) is 0 Å². The quantitative estimate of drug-likeness (QED) is 0.377. The van der Waals surface area contributed by atoms with Crippen LogP contribution >= 0.6 is 0 Å². The van der Waals surface area contributed by atoms with Crippen molar-refractivity contribution in [2.45, 2.75) is 71.3 Å². The number of imide groups is 1. The number of hydrogen-bond donors (Lipinski definition) is 0. The van der Waals surface area contributed by atoms with Crippen LogP contribution in [0.5, 0.6) is 0 Å². The molecule has 3 rings (SSSR count). The van der Waals surface area contributed by atoms with Crippen LogP contribution in [-0.2, 0) is 19.7 Å². The number of nitriles is 1. The summed E-state index contributed by atoms with van der Waals surface area (Å²) < 4.78 is 75.8. The number of alkyl halides is 2. The summed E-state index contributed by atoms with van der Waals surface area (Å²) in [5.41, 5.74) is -6.42. The van der Waals surface area contributed by atoms with Crippen LogP contribution in [0.2, 0.25) is 0 Å². The number of amidine groups is 1. The minimum atomic E-state index is -4.20. The molecule has 1 atom stereocenters. The summed E-state index contributed by atoms with van der Waals surface area (Å²) in [6.07, 6.45) is -4.85. The Hall–Kier alpha value is -4.38. The summed E-state index contributed by atoms with van der Waals surface area (Å²) in [5.74, 6) is -2.87. The number of hydrogen-bond acceptors (Lipinski definition) is 9. The zero-order valence-electron chi connectivity index (χ0n) is 24.0. The average Bonchev–Trinajstić information content (AvgIpc) is 2.85. The second-order valence-electron chi connectivity index (χ2n) is 11.3. The normalized spacial score (nSPS) is 18.9. The van der Waals surface area contributed by atoms with Gasteiger partial charge in [-0.15, -0.1) is 0 Å². The van der Waals surface area contributed by atoms with Crippen molar-refractivity contribution < 1.29 is 41.4 Å². The van der Waals surface area contributed by atoms with Gasteiger partial charge >= 0.3 is 18.3 Å². The zero-order valence-corrected chi connectivity index (χ0v) is 24.0. The van der Waals surface area contributed by atoms with E-state index in [2.05, 4.69) is 15.0 Å². The van der Waals surface area contributed by atoms with Gasteiger partial charge in [-0.1, -0.05) is 0 Å². The first-order valence-corrected chi connectivity index (χ1v) is 12.5. The van der Waals surface area contributed by atoms with E-state index in [-0.39, 0.29) is 17.0 Å². The van der Waals surface area contributed by atoms with E-state index in [4.69, 9.17) is 19.5 Å². The first kappa shape index (κ1) is 32.1. The molecule has 0 aliphatic carbocycles. The zero-order chi connectivity index (χ0) is 31.7. The van der Waals surface area contributed by atoms with Crippen molar-refractivity contribution in [3.63, 3.8) is 0 Å². The molecular weight excluding hydrogens is 562 g/mol. The first-order valence-electron chi connectivity index (χ1n) is 12.5. The number of pyridine rings is 2. The summed E-state index contributed by atoms with van der Waals surface area (Å²) in [6.45, 7) is 8.82. The maximum atomic E-state index is 15.3. The van der Waals surface area contributed by atoms with Gasteiger partial charge in [-0.2, -0.15) is 18.9 Å². The fourth-order valence-corrected chi connectivity index (χ4v) is 3.54. The van der Waals surface area contributed by atoms with E-state index in [0.717, 1.165) is 31.3 Å². The number of carbonyl (C=O) groups is 2. The van der Waals surface area contributed by atoms with Gasteiger partial charge in [0.1, 0.15) is 41.2 Å². The fourth-order valence-electron chi connectivity index (χ4n) is 3.54. The van der Waals surface area contributed by atoms with Crippen molar-refractivity contribution in [2.24, 2.45) is 4.99 Å². The Kier molecular flexibility index (Phi) is 8.78. The summed E-state index contributed by atoms with van der Waals surface area (Å²) in [4.78, 5) is 37.9. The largest absolute Gasteiger partial charge is 0.443 e. The maximum Gasteiger partial charge on any atom is 0.425 e. The molecule has 3 heterocycles. The molecule has 0 spiro atoms. The van der Waals surface area contributed by atoms with E-state index in [0.29, 0.717) is 4.90 Å². The van der Waals surface area contributed by atoms with Gasteiger partial charge in [0, 0.05) is 12.3 Å². The maximum absolute atomic E-state index is 15.3. The Labute approximate surface area is 239 Å². The Morgan fingerprint density at radius 2 is 1.67 bits per heavy atom. The first-order chi connectivity index (χ1) is 19.3. The molecule has 14 heteroatoms. The number of aliphatic imine (C=N–C) groups is 1. The Morgan fingerprint density at radius 3 is 2.17 bits per heavy atom. The van der Waals surface area contributed by atoms with Crippen LogP contribution in [0.4, 0.5) is 27.2 Å². The van der Waals surface area contributed by atoms with E-state index < -0.39 is 64.8 Å². The lowest BCUT2D eigenvalue weighted by atomic mass is 9.94. The number of ether oxygens (including phenoxy) is 3. The Balaban J connectivity index is 2.13. The van der Waals surface area contributed by atoms with Crippen LogP contribution in [0.3, 0.4) is 0 Å². The van der Waals surface area contributed by atoms with Crippen LogP contribution in [0, 0.1) is 17.1 Å². The van der Waals surface area contributed by atoms with Crippen LogP contribution < -0.4 is 0 Å². The van der Waals surface area contributed by atoms with Crippen LogP contribution in [0.25, 0.3) is 11.9 Å². The molecule has 0 aromatic carbocycles. The lowest BCUT2D eigenvalue weighted by Crippen LogP contribution is -2.56. The van der Waals surface area contributed by atoms with Crippen molar-refractivity contribution >= 4 is 29.9 Å². The van der Waals surface area contributed by atoms with Crippen molar-refractivity contribution in [3.05, 3.63) is 58.9 Å². The molecule has 0 saturated heterocycles. The molecule has 0 unspecified atom stereocenters. The predicted molar refractivity (Wildman–Crippen MR) is 142 cm³/mol. The molecule has 0 saturated carbocycles. The highest BCUT2D eigenvalue weighted by Gasteiger charge is 2.59. The molecule has 10 nitrogen and oxygen atoms in total. The van der Waals surface area contributed by atoms with Gasteiger partial charge in [0.2, 0.25) is 0 Å². The average molecular weight is 592 g/mol. The number of aromatic nitrogens is 2. The van der Waals surface area contributed by atoms with E-state index in [1.165, 1.54) is 53.7 Å². The van der Waals surface area contributed by atoms with Crippen molar-refractivity contribution in [2.75, 3.05) is 6.61 Å². The highest BCUT2D eigenvalue weighted by Crippen LogP contribution is 2.45. The monoisotopic (exact) mass is 591 g/mol. The summed E-state index contributed by atoms with van der Waals surface area (Å²) in [7, 11) is 0. The van der Waals surface area contributed by atoms with Crippen molar-refractivity contribution in [1.82, 2.24) is 14.9 Å². The van der Waals surface area contributed by atoms with Gasteiger partial charge in [0.25, 0.3) is 0 Å². The second kappa shape index (κ2) is 11.5. The molecule has 0 fully saturated rings. The third-order valence-corrected chi connectivity index (χ3v) is 5.45. The molecule has 2 aromatic rings. The number of amides is 2. The van der Waals surface area contributed by atoms with Gasteiger partial charge in [0.15, 0.2) is 11.4 Å². The second-order valence-corrected chi connectivity index (χ2v) is 11.3. The van der Waals surface area contributed by atoms with Crippen molar-refractivity contribution in [3.8, 4) is 6.07 Å². The van der Waals surface area contributed by atoms with Gasteiger partial charge in [0.05, 0.1) is 17.0 Å². The summed E-state index contributed by atoms with van der Waals surface area (Å²) in [6, 6.07) is 6.18. The molecular formula is C28H29F4N5O5. The van der Waals surface area contributed by atoms with Crippen LogP contribution in [0.15, 0.2) is 35.5 Å². The Bertz CT molecular complexity index is 1450. The SMILES string of the molecule is CC(C)(C)OC(=O)N(C(=O)OC(C)(C)C)C1=N[C@](C)(c2nc(/C=C(\F)c3ccc(C#N)cn3)ccc2F)C(F)(F)OC1. The van der Waals surface area contributed by atoms with Crippen LogP contribution in [-0.4, -0.2) is 56.8 Å². The Morgan fingerprint density at radius 1 is 1.07 bits per heavy atom. The number of carbonyl (C=O) groups excluding carboxylic acids is 2. The van der Waals surface area contributed by atoms with Crippen molar-refractivity contribution in [1.29, 1.82) is 5.26 Å². The fraction of sp³-hybridized carbons (Fsp3) is 0.429. The minimum absolute atomic E-state index is 0.182. The lowest BCUT2D eigenvalue weighted by molar-refractivity contribution is -0.278. The van der Waals surface area contributed by atoms with E-state index in [1.807, 2.05) is 6.07 Å². The van der Waals surface area contributed by atoms with E-state index in [9.17, 15) is 14.0 Å². The van der Waals surface area contributed by atoms with E-state index >= 15 is 13.2 Å². The van der Waals surface area contributed by atoms with Gasteiger partial charge in [-0.3, -0.25) is 4.98 Å². The van der Waals surface area contributed by atoms with Crippen LogP contribution in [0.1, 0.15) is 71.1 Å². The highest BCUT2D eigenvalue weighted by atomic mass is 19.3. The lowest BCUT2D eigenvalue weighted by Gasteiger charge is -2.39. The smallest absolute Gasteiger partial charge is 0.425 e. The molecule has 0 bridgehead atoms. The molecule has 1 aliphatic rings. The predicted octanol–water partition coefficient (Wildman–Crippen LogP) is 6.36. The molecule has 224 valence electrons. The summed E-state index contributed by atoms with van der Waals surface area (Å²) in [5, 5.41) is 8.88. The molecule has 42 heavy (non-hydrogen) atoms. The third kappa shape index (κ3) is 7.27. The third-order valence-electron chi connectivity index (χ3n) is 5.45. The standard InChI is InChI=1S/C28H29F4N5O5/c1-25(2,3)41-23(38)37(24(39)42-26(4,5)6)21-15-40-28(31,32)27(7,36-21)22-18(29)10-9-17(35-22)12-19(30)20-11-8-16(13-33)14-34-20/h8-12,14H,15H2,1-7H3/b19-12-/t27-/m1/s1. The summed E-state index contributed by atoms with van der Waals surface area (Å²) >= 11 is 0. The minimum Gasteiger partial charge on any atom is -0.443 e. The molecule has 2 aromatic heterocycles. The number of nitrogens with zero attached hydrogens (tertiary/aromatic N) is 5. The molecule has 2 amide bonds. The van der Waals surface area contributed by atoms with Gasteiger partial charge in [-0.25, -0.2) is 28.3 Å². The van der Waals surface area contributed by atoms with Gasteiger partial charge in [-0.05, 0) is 72.7 Å². The molecule has 1 aliphatic heterocycles. The van der Waals surface area contributed by atoms with Gasteiger partial charge < -0.3 is 14.2 Å². The molecule has 0 N–H and O–H groups in total. The number of halogens is 4. The number of rotatable bonds is 3. The highest BCUT2D eigenvalue weighted by molar-refractivity contribution is 6.09.